The first kappa shape index (κ1) is 18.6. The number of anilines is 2. The van der Waals surface area contributed by atoms with Crippen LogP contribution in [0.5, 0.6) is 0 Å². The maximum Gasteiger partial charge on any atom is 0.319 e. The fourth-order valence-corrected chi connectivity index (χ4v) is 3.00. The second kappa shape index (κ2) is 8.92. The molecule has 1 fully saturated rings. The molecule has 1 aromatic carbocycles. The van der Waals surface area contributed by atoms with Gasteiger partial charge in [-0.1, -0.05) is 26.0 Å². The van der Waals surface area contributed by atoms with Gasteiger partial charge < -0.3 is 20.6 Å². The maximum absolute atomic E-state index is 12.2. The number of nitrogens with zero attached hydrogens (tertiary/aromatic N) is 1. The fourth-order valence-electron chi connectivity index (χ4n) is 3.00. The van der Waals surface area contributed by atoms with Crippen molar-refractivity contribution in [2.75, 3.05) is 36.5 Å². The van der Waals surface area contributed by atoms with Gasteiger partial charge in [-0.3, -0.25) is 0 Å². The lowest BCUT2D eigenvalue weighted by molar-refractivity contribution is 0.148. The summed E-state index contributed by atoms with van der Waals surface area (Å²) in [6.07, 6.45) is 5.45. The van der Waals surface area contributed by atoms with Crippen LogP contribution in [0.15, 0.2) is 24.3 Å². The Hall–Kier alpha value is -1.75. The topological polar surface area (TPSA) is 64.6 Å². The van der Waals surface area contributed by atoms with E-state index in [1.807, 2.05) is 32.0 Å². The summed E-state index contributed by atoms with van der Waals surface area (Å²) in [5.74, 6) is 0. The molecule has 1 aliphatic heterocycles. The van der Waals surface area contributed by atoms with Crippen molar-refractivity contribution < 1.29 is 9.90 Å². The summed E-state index contributed by atoms with van der Waals surface area (Å²) in [7, 11) is 0. The van der Waals surface area contributed by atoms with Crippen LogP contribution in [0.4, 0.5) is 16.2 Å². The summed E-state index contributed by atoms with van der Waals surface area (Å²) in [6, 6.07) is 7.83. The molecule has 5 heteroatoms. The highest BCUT2D eigenvalue weighted by molar-refractivity contribution is 5.93. The number of aliphatic hydroxyl groups excluding tert-OH is 1. The van der Waals surface area contributed by atoms with Crippen LogP contribution in [0, 0.1) is 5.41 Å². The zero-order valence-electron chi connectivity index (χ0n) is 15.0. The second-order valence-electron chi connectivity index (χ2n) is 7.37. The lowest BCUT2D eigenvalue weighted by Crippen LogP contribution is -2.33. The van der Waals surface area contributed by atoms with Gasteiger partial charge in [0.25, 0.3) is 0 Å². The molecule has 3 N–H and O–H groups in total. The number of rotatable bonds is 7. The monoisotopic (exact) mass is 333 g/mol. The minimum Gasteiger partial charge on any atom is -0.396 e. The Morgan fingerprint density at radius 1 is 1.21 bits per heavy atom. The molecule has 1 aromatic rings. The van der Waals surface area contributed by atoms with E-state index < -0.39 is 0 Å². The molecule has 2 rings (SSSR count). The van der Waals surface area contributed by atoms with Crippen molar-refractivity contribution >= 4 is 17.4 Å². The molecule has 0 aromatic heterocycles. The smallest absolute Gasteiger partial charge is 0.319 e. The van der Waals surface area contributed by atoms with Crippen LogP contribution in [0.2, 0.25) is 0 Å². The number of urea groups is 1. The Balaban J connectivity index is 1.83. The van der Waals surface area contributed by atoms with Crippen molar-refractivity contribution in [3.8, 4) is 0 Å². The van der Waals surface area contributed by atoms with E-state index in [0.29, 0.717) is 6.54 Å². The SMILES string of the molecule is CC(C)(CO)CCCNC(=O)Nc1ccccc1N1CCCCC1. The molecule has 5 nitrogen and oxygen atoms in total. The van der Waals surface area contributed by atoms with E-state index in [1.54, 1.807) is 0 Å². The van der Waals surface area contributed by atoms with Crippen molar-refractivity contribution in [3.63, 3.8) is 0 Å². The Morgan fingerprint density at radius 3 is 2.62 bits per heavy atom. The van der Waals surface area contributed by atoms with Crippen molar-refractivity contribution in [2.45, 2.75) is 46.0 Å². The zero-order valence-corrected chi connectivity index (χ0v) is 15.0. The van der Waals surface area contributed by atoms with Gasteiger partial charge >= 0.3 is 6.03 Å². The van der Waals surface area contributed by atoms with Crippen LogP contribution < -0.4 is 15.5 Å². The third-order valence-electron chi connectivity index (χ3n) is 4.59. The number of carbonyl (C=O) groups excluding carboxylic acids is 1. The molecule has 1 heterocycles. The summed E-state index contributed by atoms with van der Waals surface area (Å²) in [6.45, 7) is 6.94. The molecule has 24 heavy (non-hydrogen) atoms. The summed E-state index contributed by atoms with van der Waals surface area (Å²) in [5, 5.41) is 15.1. The Kier molecular flexibility index (Phi) is 6.91. The largest absolute Gasteiger partial charge is 0.396 e. The highest BCUT2D eigenvalue weighted by Gasteiger charge is 2.17. The first-order valence-corrected chi connectivity index (χ1v) is 9.01. The second-order valence-corrected chi connectivity index (χ2v) is 7.37. The number of para-hydroxylation sites is 2. The average molecular weight is 333 g/mol. The number of carbonyl (C=O) groups is 1. The number of benzene rings is 1. The Morgan fingerprint density at radius 2 is 1.92 bits per heavy atom. The van der Waals surface area contributed by atoms with Gasteiger partial charge in [-0.25, -0.2) is 4.79 Å². The molecular formula is C19H31N3O2. The molecule has 0 spiro atoms. The Labute approximate surface area is 145 Å². The van der Waals surface area contributed by atoms with Crippen LogP contribution in [-0.4, -0.2) is 37.4 Å². The van der Waals surface area contributed by atoms with Gasteiger partial charge in [-0.2, -0.15) is 0 Å². The number of amides is 2. The molecule has 2 amide bonds. The summed E-state index contributed by atoms with van der Waals surface area (Å²) < 4.78 is 0. The van der Waals surface area contributed by atoms with E-state index in [-0.39, 0.29) is 18.1 Å². The van der Waals surface area contributed by atoms with E-state index in [2.05, 4.69) is 21.6 Å². The quantitative estimate of drug-likeness (QED) is 0.668. The van der Waals surface area contributed by atoms with Gasteiger partial charge in [0.15, 0.2) is 0 Å². The first-order chi connectivity index (χ1) is 11.5. The third kappa shape index (κ3) is 5.71. The van der Waals surface area contributed by atoms with Gasteiger partial charge in [0.05, 0.1) is 11.4 Å². The average Bonchev–Trinajstić information content (AvgIpc) is 2.60. The predicted molar refractivity (Wildman–Crippen MR) is 99.6 cm³/mol. The highest BCUT2D eigenvalue weighted by atomic mass is 16.3. The van der Waals surface area contributed by atoms with Crippen molar-refractivity contribution in [3.05, 3.63) is 24.3 Å². The number of hydrogen-bond donors (Lipinski definition) is 3. The van der Waals surface area contributed by atoms with Crippen molar-refractivity contribution in [1.29, 1.82) is 0 Å². The molecule has 1 saturated heterocycles. The molecular weight excluding hydrogens is 302 g/mol. The summed E-state index contributed by atoms with van der Waals surface area (Å²) >= 11 is 0. The molecule has 134 valence electrons. The molecule has 0 unspecified atom stereocenters. The maximum atomic E-state index is 12.2. The minimum atomic E-state index is -0.165. The van der Waals surface area contributed by atoms with Gasteiger partial charge in [-0.15, -0.1) is 0 Å². The molecule has 0 saturated carbocycles. The van der Waals surface area contributed by atoms with E-state index in [4.69, 9.17) is 0 Å². The van der Waals surface area contributed by atoms with Gasteiger partial charge in [0.2, 0.25) is 0 Å². The number of piperidine rings is 1. The lowest BCUT2D eigenvalue weighted by atomic mass is 9.89. The van der Waals surface area contributed by atoms with Gasteiger partial charge in [0.1, 0.15) is 0 Å². The minimum absolute atomic E-state index is 0.0843. The highest BCUT2D eigenvalue weighted by Crippen LogP contribution is 2.28. The van der Waals surface area contributed by atoms with Gasteiger partial charge in [-0.05, 0) is 49.7 Å². The van der Waals surface area contributed by atoms with E-state index >= 15 is 0 Å². The molecule has 0 aliphatic carbocycles. The zero-order chi connectivity index (χ0) is 17.4. The molecule has 0 radical (unpaired) electrons. The van der Waals surface area contributed by atoms with Crippen LogP contribution in [0.1, 0.15) is 46.0 Å². The van der Waals surface area contributed by atoms with Crippen LogP contribution in [0.3, 0.4) is 0 Å². The number of nitrogens with one attached hydrogen (secondary N) is 2. The van der Waals surface area contributed by atoms with Crippen molar-refractivity contribution in [2.24, 2.45) is 5.41 Å². The van der Waals surface area contributed by atoms with E-state index in [1.165, 1.54) is 19.3 Å². The van der Waals surface area contributed by atoms with Crippen molar-refractivity contribution in [1.82, 2.24) is 5.32 Å². The predicted octanol–water partition coefficient (Wildman–Crippen LogP) is 3.60. The van der Waals surface area contributed by atoms with Crippen LogP contribution in [0.25, 0.3) is 0 Å². The Bertz CT molecular complexity index is 525. The third-order valence-corrected chi connectivity index (χ3v) is 4.59. The first-order valence-electron chi connectivity index (χ1n) is 9.01. The van der Waals surface area contributed by atoms with E-state index in [9.17, 15) is 9.90 Å². The van der Waals surface area contributed by atoms with Gasteiger partial charge in [0, 0.05) is 26.2 Å². The summed E-state index contributed by atoms with van der Waals surface area (Å²) in [4.78, 5) is 14.5. The molecule has 0 bridgehead atoms. The van der Waals surface area contributed by atoms with E-state index in [0.717, 1.165) is 37.3 Å². The molecule has 1 aliphatic rings. The van der Waals surface area contributed by atoms with Crippen LogP contribution in [-0.2, 0) is 0 Å². The van der Waals surface area contributed by atoms with Crippen LogP contribution >= 0.6 is 0 Å². The normalized spacial score (nSPS) is 15.2. The standard InChI is InChI=1S/C19H31N3O2/c1-19(2,15-23)11-8-12-20-18(24)21-16-9-4-5-10-17(16)22-13-6-3-7-14-22/h4-5,9-10,23H,3,6-8,11-15H2,1-2H3,(H2,20,21,24). The molecule has 0 atom stereocenters. The fraction of sp³-hybridized carbons (Fsp3) is 0.632. The number of hydrogen-bond acceptors (Lipinski definition) is 3. The summed E-state index contributed by atoms with van der Waals surface area (Å²) in [5.41, 5.74) is 1.89. The lowest BCUT2D eigenvalue weighted by Gasteiger charge is -2.30. The number of aliphatic hydroxyl groups is 1.